The van der Waals surface area contributed by atoms with Gasteiger partial charge in [0.25, 0.3) is 0 Å². The molecule has 2 atom stereocenters. The van der Waals surface area contributed by atoms with Gasteiger partial charge >= 0.3 is 5.97 Å². The SMILES string of the molecule is CC1CCCCC(CC(=O)O)(C2CCCCCC2)C1(C)C. The molecule has 2 aliphatic rings. The first-order valence-electron chi connectivity index (χ1n) is 9.12. The number of hydrogen-bond donors (Lipinski definition) is 1. The molecule has 0 aliphatic heterocycles. The van der Waals surface area contributed by atoms with Crippen LogP contribution in [-0.2, 0) is 4.79 Å². The van der Waals surface area contributed by atoms with Crippen LogP contribution in [0.5, 0.6) is 0 Å². The van der Waals surface area contributed by atoms with E-state index in [4.69, 9.17) is 0 Å². The van der Waals surface area contributed by atoms with Crippen LogP contribution in [0.3, 0.4) is 0 Å². The summed E-state index contributed by atoms with van der Waals surface area (Å²) in [7, 11) is 0. The molecule has 0 radical (unpaired) electrons. The maximum Gasteiger partial charge on any atom is 0.303 e. The van der Waals surface area contributed by atoms with E-state index in [1.54, 1.807) is 0 Å². The lowest BCUT2D eigenvalue weighted by Gasteiger charge is -2.53. The van der Waals surface area contributed by atoms with E-state index >= 15 is 0 Å². The summed E-state index contributed by atoms with van der Waals surface area (Å²) in [5.74, 6) is 0.663. The van der Waals surface area contributed by atoms with Gasteiger partial charge in [-0.05, 0) is 41.9 Å². The van der Waals surface area contributed by atoms with Gasteiger partial charge in [0.2, 0.25) is 0 Å². The van der Waals surface area contributed by atoms with Crippen molar-refractivity contribution < 1.29 is 9.90 Å². The molecule has 2 rings (SSSR count). The van der Waals surface area contributed by atoms with Crippen LogP contribution in [0.25, 0.3) is 0 Å². The van der Waals surface area contributed by atoms with Gasteiger partial charge in [-0.3, -0.25) is 4.79 Å². The Balaban J connectivity index is 2.39. The predicted molar refractivity (Wildman–Crippen MR) is 87.3 cm³/mol. The molecular formula is C19H34O2. The van der Waals surface area contributed by atoms with Crippen molar-refractivity contribution in [2.24, 2.45) is 22.7 Å². The third kappa shape index (κ3) is 3.29. The number of rotatable bonds is 3. The Morgan fingerprint density at radius 3 is 2.14 bits per heavy atom. The van der Waals surface area contributed by atoms with E-state index < -0.39 is 5.97 Å². The molecular weight excluding hydrogens is 260 g/mol. The zero-order valence-electron chi connectivity index (χ0n) is 14.3. The van der Waals surface area contributed by atoms with E-state index in [0.29, 0.717) is 18.3 Å². The van der Waals surface area contributed by atoms with Crippen LogP contribution >= 0.6 is 0 Å². The van der Waals surface area contributed by atoms with Gasteiger partial charge in [0, 0.05) is 0 Å². The van der Waals surface area contributed by atoms with Crippen molar-refractivity contribution in [3.63, 3.8) is 0 Å². The Kier molecular flexibility index (Phi) is 5.38. The van der Waals surface area contributed by atoms with Gasteiger partial charge in [-0.1, -0.05) is 65.7 Å². The third-order valence-corrected chi connectivity index (χ3v) is 7.13. The molecule has 2 unspecified atom stereocenters. The number of hydrogen-bond acceptors (Lipinski definition) is 1. The lowest BCUT2D eigenvalue weighted by molar-refractivity contribution is -0.147. The van der Waals surface area contributed by atoms with Gasteiger partial charge in [0.05, 0.1) is 6.42 Å². The van der Waals surface area contributed by atoms with E-state index in [2.05, 4.69) is 20.8 Å². The minimum Gasteiger partial charge on any atom is -0.481 e. The summed E-state index contributed by atoms with van der Waals surface area (Å²) in [5.41, 5.74) is 0.149. The van der Waals surface area contributed by atoms with Gasteiger partial charge in [0.1, 0.15) is 0 Å². The summed E-state index contributed by atoms with van der Waals surface area (Å²) in [4.78, 5) is 11.7. The molecule has 2 aliphatic carbocycles. The van der Waals surface area contributed by atoms with Crippen molar-refractivity contribution in [2.45, 2.75) is 91.4 Å². The number of carbonyl (C=O) groups is 1. The standard InChI is InChI=1S/C19H34O2/c1-15-10-8-9-13-19(14-17(20)21,18(15,2)3)16-11-6-4-5-7-12-16/h15-16H,4-14H2,1-3H3,(H,20,21). The normalized spacial score (nSPS) is 34.9. The first-order valence-corrected chi connectivity index (χ1v) is 9.12. The number of carboxylic acids is 1. The fourth-order valence-corrected chi connectivity index (χ4v) is 5.36. The van der Waals surface area contributed by atoms with Crippen LogP contribution in [0.15, 0.2) is 0 Å². The van der Waals surface area contributed by atoms with Crippen molar-refractivity contribution in [3.8, 4) is 0 Å². The third-order valence-electron chi connectivity index (χ3n) is 7.13. The second kappa shape index (κ2) is 6.71. The highest BCUT2D eigenvalue weighted by Gasteiger charge is 2.53. The van der Waals surface area contributed by atoms with Crippen molar-refractivity contribution in [3.05, 3.63) is 0 Å². The molecule has 0 bridgehead atoms. The van der Waals surface area contributed by atoms with Crippen LogP contribution in [0, 0.1) is 22.7 Å². The first-order chi connectivity index (χ1) is 9.90. The lowest BCUT2D eigenvalue weighted by Crippen LogP contribution is -2.48. The maximum atomic E-state index is 11.7. The quantitative estimate of drug-likeness (QED) is 0.682. The molecule has 2 fully saturated rings. The molecule has 2 saturated carbocycles. The van der Waals surface area contributed by atoms with Gasteiger partial charge in [-0.15, -0.1) is 0 Å². The van der Waals surface area contributed by atoms with Gasteiger partial charge in [-0.25, -0.2) is 0 Å². The Morgan fingerprint density at radius 1 is 1.00 bits per heavy atom. The Morgan fingerprint density at radius 2 is 1.57 bits per heavy atom. The highest BCUT2D eigenvalue weighted by molar-refractivity contribution is 5.68. The summed E-state index contributed by atoms with van der Waals surface area (Å²) in [6.07, 6.45) is 13.1. The second-order valence-electron chi connectivity index (χ2n) is 8.28. The summed E-state index contributed by atoms with van der Waals surface area (Å²) in [6, 6.07) is 0. The van der Waals surface area contributed by atoms with E-state index in [1.807, 2.05) is 0 Å². The fourth-order valence-electron chi connectivity index (χ4n) is 5.36. The van der Waals surface area contributed by atoms with Gasteiger partial charge in [-0.2, -0.15) is 0 Å². The Labute approximate surface area is 130 Å². The molecule has 21 heavy (non-hydrogen) atoms. The smallest absolute Gasteiger partial charge is 0.303 e. The van der Waals surface area contributed by atoms with Crippen LogP contribution in [0.2, 0.25) is 0 Å². The summed E-state index contributed by atoms with van der Waals surface area (Å²) >= 11 is 0. The van der Waals surface area contributed by atoms with Crippen molar-refractivity contribution in [1.29, 1.82) is 0 Å². The van der Waals surface area contributed by atoms with E-state index in [0.717, 1.165) is 6.42 Å². The lowest BCUT2D eigenvalue weighted by atomic mass is 9.51. The molecule has 2 heteroatoms. The fraction of sp³-hybridized carbons (Fsp3) is 0.947. The highest BCUT2D eigenvalue weighted by Crippen LogP contribution is 2.60. The van der Waals surface area contributed by atoms with Crippen LogP contribution in [0.1, 0.15) is 91.4 Å². The van der Waals surface area contributed by atoms with E-state index in [9.17, 15) is 9.90 Å². The molecule has 0 aromatic heterocycles. The van der Waals surface area contributed by atoms with Crippen molar-refractivity contribution in [2.75, 3.05) is 0 Å². The number of aliphatic carboxylic acids is 1. The molecule has 0 aromatic rings. The molecule has 122 valence electrons. The zero-order chi connectivity index (χ0) is 15.5. The molecule has 1 N–H and O–H groups in total. The summed E-state index contributed by atoms with van der Waals surface area (Å²) in [5, 5.41) is 9.64. The maximum absolute atomic E-state index is 11.7. The summed E-state index contributed by atoms with van der Waals surface area (Å²) < 4.78 is 0. The molecule has 0 aromatic carbocycles. The van der Waals surface area contributed by atoms with Crippen LogP contribution < -0.4 is 0 Å². The molecule has 2 nitrogen and oxygen atoms in total. The zero-order valence-corrected chi connectivity index (χ0v) is 14.3. The van der Waals surface area contributed by atoms with E-state index in [-0.39, 0.29) is 10.8 Å². The average molecular weight is 294 g/mol. The predicted octanol–water partition coefficient (Wildman–Crippen LogP) is 5.65. The molecule has 0 heterocycles. The minimum atomic E-state index is -0.582. The topological polar surface area (TPSA) is 37.3 Å². The first kappa shape index (κ1) is 16.8. The second-order valence-corrected chi connectivity index (χ2v) is 8.28. The minimum absolute atomic E-state index is 0.0130. The summed E-state index contributed by atoms with van der Waals surface area (Å²) in [6.45, 7) is 7.10. The van der Waals surface area contributed by atoms with E-state index in [1.165, 1.54) is 57.8 Å². The highest BCUT2D eigenvalue weighted by atomic mass is 16.4. The van der Waals surface area contributed by atoms with Gasteiger partial charge in [0.15, 0.2) is 0 Å². The molecule has 0 saturated heterocycles. The van der Waals surface area contributed by atoms with Crippen molar-refractivity contribution >= 4 is 5.97 Å². The Bertz CT molecular complexity index is 353. The van der Waals surface area contributed by atoms with Crippen molar-refractivity contribution in [1.82, 2.24) is 0 Å². The Hall–Kier alpha value is -0.530. The average Bonchev–Trinajstić information content (AvgIpc) is 2.74. The van der Waals surface area contributed by atoms with Crippen LogP contribution in [-0.4, -0.2) is 11.1 Å². The van der Waals surface area contributed by atoms with Crippen LogP contribution in [0.4, 0.5) is 0 Å². The largest absolute Gasteiger partial charge is 0.481 e. The monoisotopic (exact) mass is 294 g/mol. The van der Waals surface area contributed by atoms with Gasteiger partial charge < -0.3 is 5.11 Å². The molecule has 0 spiro atoms. The number of carboxylic acid groups (broad SMARTS) is 1. The molecule has 0 amide bonds.